The molecule has 1 atom stereocenters. The lowest BCUT2D eigenvalue weighted by molar-refractivity contribution is -0.0765. The average molecular weight is 323 g/mol. The highest BCUT2D eigenvalue weighted by Gasteiger charge is 2.34. The van der Waals surface area contributed by atoms with Crippen molar-refractivity contribution < 1.29 is 4.74 Å². The fourth-order valence-corrected chi connectivity index (χ4v) is 5.33. The molecule has 6 rings (SSSR count). The van der Waals surface area contributed by atoms with Crippen molar-refractivity contribution in [3.8, 4) is 0 Å². The van der Waals surface area contributed by atoms with Crippen molar-refractivity contribution in [3.05, 3.63) is 48.0 Å². The maximum absolute atomic E-state index is 6.29. The highest BCUT2D eigenvalue weighted by Crippen LogP contribution is 2.35. The van der Waals surface area contributed by atoms with Crippen molar-refractivity contribution in [1.29, 1.82) is 0 Å². The highest BCUT2D eigenvalue weighted by molar-refractivity contribution is 7.25. The van der Waals surface area contributed by atoms with Crippen LogP contribution in [-0.2, 0) is 11.3 Å². The van der Waals surface area contributed by atoms with E-state index in [-0.39, 0.29) is 0 Å². The lowest BCUT2D eigenvalue weighted by Gasteiger charge is -2.44. The molecule has 0 radical (unpaired) electrons. The summed E-state index contributed by atoms with van der Waals surface area (Å²) < 4.78 is 9.04. The van der Waals surface area contributed by atoms with Gasteiger partial charge in [-0.05, 0) is 49.5 Å². The average Bonchev–Trinajstić information content (AvgIpc) is 2.99. The summed E-state index contributed by atoms with van der Waals surface area (Å²) in [7, 11) is 0. The maximum Gasteiger partial charge on any atom is 0.0735 e. The first-order valence-corrected chi connectivity index (χ1v) is 9.42. The van der Waals surface area contributed by atoms with Gasteiger partial charge in [0, 0.05) is 26.7 Å². The van der Waals surface area contributed by atoms with Crippen LogP contribution < -0.4 is 0 Å². The molecule has 3 aromatic rings. The van der Waals surface area contributed by atoms with Crippen LogP contribution in [0.5, 0.6) is 0 Å². The number of hydrogen-bond donors (Lipinski definition) is 0. The van der Waals surface area contributed by atoms with E-state index in [1.54, 1.807) is 0 Å². The number of ether oxygens (including phenoxy) is 1. The molecule has 3 fully saturated rings. The molecule has 2 aromatic carbocycles. The Bertz CT molecular complexity index is 847. The molecule has 0 amide bonds. The number of piperidine rings is 3. The van der Waals surface area contributed by atoms with Gasteiger partial charge in [-0.1, -0.05) is 30.3 Å². The Labute approximate surface area is 140 Å². The normalized spacial score (nSPS) is 27.0. The Morgan fingerprint density at radius 1 is 1.00 bits per heavy atom. The van der Waals surface area contributed by atoms with E-state index in [0.29, 0.717) is 6.10 Å². The fraction of sp³-hybridized carbons (Fsp3) is 0.400. The SMILES string of the molecule is c1ccc2c(c1)sc1cc(COC3CN4CCC3CC4)ccc12. The molecule has 0 saturated carbocycles. The molecular formula is C20H21NOS. The summed E-state index contributed by atoms with van der Waals surface area (Å²) in [6.07, 6.45) is 3.08. The van der Waals surface area contributed by atoms with Gasteiger partial charge in [0.1, 0.15) is 0 Å². The summed E-state index contributed by atoms with van der Waals surface area (Å²) >= 11 is 1.89. The smallest absolute Gasteiger partial charge is 0.0735 e. The number of nitrogens with zero attached hydrogens (tertiary/aromatic N) is 1. The highest BCUT2D eigenvalue weighted by atomic mass is 32.1. The molecule has 23 heavy (non-hydrogen) atoms. The third-order valence-corrected chi connectivity index (χ3v) is 6.64. The first-order chi connectivity index (χ1) is 11.4. The van der Waals surface area contributed by atoms with E-state index in [9.17, 15) is 0 Å². The van der Waals surface area contributed by atoms with Crippen molar-refractivity contribution in [2.45, 2.75) is 25.6 Å². The molecule has 2 nitrogen and oxygen atoms in total. The zero-order chi connectivity index (χ0) is 15.2. The lowest BCUT2D eigenvalue weighted by Crippen LogP contribution is -2.51. The molecule has 0 N–H and O–H groups in total. The van der Waals surface area contributed by atoms with Crippen molar-refractivity contribution in [2.24, 2.45) is 5.92 Å². The van der Waals surface area contributed by atoms with Crippen molar-refractivity contribution in [1.82, 2.24) is 4.90 Å². The monoisotopic (exact) mass is 323 g/mol. The van der Waals surface area contributed by atoms with Crippen LogP contribution in [0.15, 0.2) is 42.5 Å². The number of rotatable bonds is 3. The molecular weight excluding hydrogens is 302 g/mol. The standard InChI is InChI=1S/C20H21NOS/c1-2-4-19-16(3-1)17-6-5-14(11-20(17)23-19)13-22-18-12-21-9-7-15(18)8-10-21/h1-6,11,15,18H,7-10,12-13H2. The molecule has 4 heterocycles. The second-order valence-corrected chi connectivity index (χ2v) is 8.00. The Kier molecular flexibility index (Phi) is 3.39. The molecule has 1 aromatic heterocycles. The minimum absolute atomic E-state index is 0.440. The predicted molar refractivity (Wildman–Crippen MR) is 97.1 cm³/mol. The van der Waals surface area contributed by atoms with E-state index >= 15 is 0 Å². The minimum Gasteiger partial charge on any atom is -0.372 e. The van der Waals surface area contributed by atoms with Crippen LogP contribution in [-0.4, -0.2) is 30.6 Å². The summed E-state index contributed by atoms with van der Waals surface area (Å²) in [6.45, 7) is 4.44. The van der Waals surface area contributed by atoms with Crippen LogP contribution in [0.4, 0.5) is 0 Å². The quantitative estimate of drug-likeness (QED) is 0.695. The van der Waals surface area contributed by atoms with Gasteiger partial charge in [-0.3, -0.25) is 0 Å². The van der Waals surface area contributed by atoms with Gasteiger partial charge in [0.05, 0.1) is 12.7 Å². The van der Waals surface area contributed by atoms with Crippen molar-refractivity contribution >= 4 is 31.5 Å². The van der Waals surface area contributed by atoms with E-state index in [1.807, 2.05) is 11.3 Å². The second-order valence-electron chi connectivity index (χ2n) is 6.92. The van der Waals surface area contributed by atoms with E-state index in [4.69, 9.17) is 4.74 Å². The van der Waals surface area contributed by atoms with Gasteiger partial charge in [0.15, 0.2) is 0 Å². The van der Waals surface area contributed by atoms with Crippen LogP contribution in [0, 0.1) is 5.92 Å². The van der Waals surface area contributed by atoms with E-state index in [1.165, 1.54) is 51.7 Å². The molecule has 3 aliphatic heterocycles. The third-order valence-electron chi connectivity index (χ3n) is 5.50. The summed E-state index contributed by atoms with van der Waals surface area (Å²) in [4.78, 5) is 2.56. The Hall–Kier alpha value is -1.42. The lowest BCUT2D eigenvalue weighted by atomic mass is 9.86. The summed E-state index contributed by atoms with van der Waals surface area (Å²) in [5, 5.41) is 2.74. The van der Waals surface area contributed by atoms with E-state index < -0.39 is 0 Å². The molecule has 118 valence electrons. The van der Waals surface area contributed by atoms with Crippen LogP contribution in [0.1, 0.15) is 18.4 Å². The minimum atomic E-state index is 0.440. The first-order valence-electron chi connectivity index (χ1n) is 8.61. The molecule has 0 aliphatic carbocycles. The third kappa shape index (κ3) is 2.47. The van der Waals surface area contributed by atoms with Gasteiger partial charge < -0.3 is 9.64 Å². The molecule has 3 saturated heterocycles. The van der Waals surface area contributed by atoms with Gasteiger partial charge in [0.2, 0.25) is 0 Å². The Balaban J connectivity index is 1.37. The molecule has 3 heteroatoms. The number of benzene rings is 2. The fourth-order valence-electron chi connectivity index (χ4n) is 4.16. The van der Waals surface area contributed by atoms with Crippen molar-refractivity contribution in [2.75, 3.05) is 19.6 Å². The second kappa shape index (κ2) is 5.59. The van der Waals surface area contributed by atoms with Crippen molar-refractivity contribution in [3.63, 3.8) is 0 Å². The predicted octanol–water partition coefficient (Wildman–Crippen LogP) is 4.67. The Morgan fingerprint density at radius 2 is 1.83 bits per heavy atom. The maximum atomic E-state index is 6.29. The van der Waals surface area contributed by atoms with Crippen LogP contribution in [0.25, 0.3) is 20.2 Å². The van der Waals surface area contributed by atoms with Gasteiger partial charge >= 0.3 is 0 Å². The van der Waals surface area contributed by atoms with Gasteiger partial charge in [-0.2, -0.15) is 0 Å². The van der Waals surface area contributed by atoms with Crippen LogP contribution in [0.2, 0.25) is 0 Å². The molecule has 2 bridgehead atoms. The van der Waals surface area contributed by atoms with Gasteiger partial charge in [-0.25, -0.2) is 0 Å². The van der Waals surface area contributed by atoms with E-state index in [0.717, 1.165) is 19.1 Å². The number of hydrogen-bond acceptors (Lipinski definition) is 3. The van der Waals surface area contributed by atoms with Crippen LogP contribution in [0.3, 0.4) is 0 Å². The summed E-state index contributed by atoms with van der Waals surface area (Å²) in [6, 6.07) is 15.5. The van der Waals surface area contributed by atoms with Crippen LogP contribution >= 0.6 is 11.3 Å². The van der Waals surface area contributed by atoms with Gasteiger partial charge in [0.25, 0.3) is 0 Å². The summed E-state index contributed by atoms with van der Waals surface area (Å²) in [5.74, 6) is 0.785. The topological polar surface area (TPSA) is 12.5 Å². The summed E-state index contributed by atoms with van der Waals surface area (Å²) in [5.41, 5.74) is 1.31. The zero-order valence-corrected chi connectivity index (χ0v) is 14.0. The Morgan fingerprint density at radius 3 is 2.65 bits per heavy atom. The van der Waals surface area contributed by atoms with Gasteiger partial charge in [-0.15, -0.1) is 11.3 Å². The molecule has 3 aliphatic rings. The number of thiophene rings is 1. The largest absolute Gasteiger partial charge is 0.372 e. The zero-order valence-electron chi connectivity index (χ0n) is 13.2. The molecule has 0 spiro atoms. The first kappa shape index (κ1) is 14.0. The van der Waals surface area contributed by atoms with E-state index in [2.05, 4.69) is 47.4 Å². The molecule has 1 unspecified atom stereocenters. The number of fused-ring (bicyclic) bond motifs is 6.